The number of carbonyl (C=O) groups is 1. The third kappa shape index (κ3) is 6.76. The first-order valence-corrected chi connectivity index (χ1v) is 11.6. The fourth-order valence-electron chi connectivity index (χ4n) is 3.91. The second-order valence-electron chi connectivity index (χ2n) is 9.01. The molecule has 180 valence electrons. The zero-order valence-corrected chi connectivity index (χ0v) is 20.2. The van der Waals surface area contributed by atoms with E-state index in [1.165, 1.54) is 0 Å². The highest BCUT2D eigenvalue weighted by Gasteiger charge is 2.48. The van der Waals surface area contributed by atoms with Crippen molar-refractivity contribution < 1.29 is 18.3 Å². The highest BCUT2D eigenvalue weighted by molar-refractivity contribution is 6.29. The summed E-state index contributed by atoms with van der Waals surface area (Å²) in [6, 6.07) is 5.09. The van der Waals surface area contributed by atoms with Crippen LogP contribution in [0, 0.1) is 5.92 Å². The van der Waals surface area contributed by atoms with Crippen molar-refractivity contribution in [3.8, 4) is 0 Å². The molecule has 2 aromatic heterocycles. The van der Waals surface area contributed by atoms with Crippen molar-refractivity contribution >= 4 is 34.8 Å². The number of alkyl halides is 2. The molecule has 0 amide bonds. The number of nitrogens with zero attached hydrogens (tertiary/aromatic N) is 3. The van der Waals surface area contributed by atoms with Gasteiger partial charge in [0.2, 0.25) is 0 Å². The first kappa shape index (κ1) is 25.1. The van der Waals surface area contributed by atoms with Crippen molar-refractivity contribution in [3.63, 3.8) is 0 Å². The smallest absolute Gasteiger partial charge is 0.306 e. The monoisotopic (exact) mass is 480 g/mol. The van der Waals surface area contributed by atoms with Crippen LogP contribution in [0.15, 0.2) is 30.6 Å². The number of ether oxygens (including phenoxy) is 1. The summed E-state index contributed by atoms with van der Waals surface area (Å²) in [7, 11) is 0. The molecule has 6 nitrogen and oxygen atoms in total. The van der Waals surface area contributed by atoms with E-state index < -0.39 is 5.92 Å². The van der Waals surface area contributed by atoms with Gasteiger partial charge in [0.05, 0.1) is 30.6 Å². The third-order valence-electron chi connectivity index (χ3n) is 5.58. The van der Waals surface area contributed by atoms with Crippen LogP contribution in [-0.4, -0.2) is 41.1 Å². The summed E-state index contributed by atoms with van der Waals surface area (Å²) in [5, 5.41) is 3.69. The summed E-state index contributed by atoms with van der Waals surface area (Å²) in [6.45, 7) is 8.73. The number of pyridine rings is 2. The highest BCUT2D eigenvalue weighted by Crippen LogP contribution is 2.44. The molecule has 0 spiro atoms. The zero-order valence-electron chi connectivity index (χ0n) is 19.4. The molecule has 0 radical (unpaired) electrons. The van der Waals surface area contributed by atoms with Crippen LogP contribution in [0.4, 0.5) is 26.0 Å². The molecule has 1 aliphatic rings. The quantitative estimate of drug-likeness (QED) is 0.323. The van der Waals surface area contributed by atoms with Gasteiger partial charge in [-0.1, -0.05) is 32.4 Å². The largest absolute Gasteiger partial charge is 0.466 e. The molecule has 1 N–H and O–H groups in total. The van der Waals surface area contributed by atoms with Crippen LogP contribution in [0.2, 0.25) is 5.15 Å². The molecule has 1 fully saturated rings. The Bertz CT molecular complexity index is 948. The van der Waals surface area contributed by atoms with Crippen molar-refractivity contribution in [2.24, 2.45) is 5.92 Å². The van der Waals surface area contributed by atoms with Gasteiger partial charge in [0.1, 0.15) is 5.15 Å². The Balaban J connectivity index is 1.96. The lowest BCUT2D eigenvalue weighted by atomic mass is 9.86. The topological polar surface area (TPSA) is 67.3 Å². The van der Waals surface area contributed by atoms with Crippen LogP contribution in [0.5, 0.6) is 0 Å². The maximum atomic E-state index is 13.7. The van der Waals surface area contributed by atoms with Crippen molar-refractivity contribution in [3.05, 3.63) is 41.3 Å². The number of nitrogens with one attached hydrogen (secondary N) is 1. The van der Waals surface area contributed by atoms with Crippen molar-refractivity contribution in [1.82, 2.24) is 9.97 Å². The molecule has 3 rings (SSSR count). The van der Waals surface area contributed by atoms with Crippen LogP contribution in [0.1, 0.15) is 58.4 Å². The summed E-state index contributed by atoms with van der Waals surface area (Å²) in [5.74, 6) is -2.17. The van der Waals surface area contributed by atoms with Gasteiger partial charge in [0.15, 0.2) is 5.82 Å². The van der Waals surface area contributed by atoms with Gasteiger partial charge in [-0.2, -0.15) is 0 Å². The van der Waals surface area contributed by atoms with Crippen LogP contribution in [0.25, 0.3) is 0 Å². The fourth-order valence-corrected chi connectivity index (χ4v) is 4.02. The van der Waals surface area contributed by atoms with Gasteiger partial charge in [-0.25, -0.2) is 18.7 Å². The minimum Gasteiger partial charge on any atom is -0.466 e. The molecule has 2 aromatic rings. The lowest BCUT2D eigenvalue weighted by Crippen LogP contribution is -2.52. The van der Waals surface area contributed by atoms with Crippen LogP contribution in [-0.2, 0) is 9.53 Å². The first-order valence-electron chi connectivity index (χ1n) is 11.3. The molecular weight excluding hydrogens is 450 g/mol. The molecule has 0 bridgehead atoms. The Kier molecular flexibility index (Phi) is 8.10. The average Bonchev–Trinajstić information content (AvgIpc) is 2.72. The highest BCUT2D eigenvalue weighted by atomic mass is 35.5. The van der Waals surface area contributed by atoms with Crippen molar-refractivity contribution in [1.29, 1.82) is 0 Å². The molecule has 0 unspecified atom stereocenters. The molecule has 0 aromatic carbocycles. The molecule has 0 aliphatic heterocycles. The maximum Gasteiger partial charge on any atom is 0.306 e. The van der Waals surface area contributed by atoms with Gasteiger partial charge < -0.3 is 15.0 Å². The lowest BCUT2D eigenvalue weighted by molar-refractivity contribution is -0.143. The van der Waals surface area contributed by atoms with Gasteiger partial charge in [-0.15, -0.1) is 0 Å². The van der Waals surface area contributed by atoms with E-state index in [0.717, 1.165) is 5.56 Å². The van der Waals surface area contributed by atoms with Crippen LogP contribution in [0.3, 0.4) is 0 Å². The lowest BCUT2D eigenvalue weighted by Gasteiger charge is -2.44. The molecule has 33 heavy (non-hydrogen) atoms. The van der Waals surface area contributed by atoms with Gasteiger partial charge >= 0.3 is 5.97 Å². The Labute approximate surface area is 198 Å². The van der Waals surface area contributed by atoms with Crippen LogP contribution >= 0.6 is 11.6 Å². The molecule has 1 atom stereocenters. The van der Waals surface area contributed by atoms with E-state index >= 15 is 0 Å². The molecule has 9 heteroatoms. The van der Waals surface area contributed by atoms with E-state index in [9.17, 15) is 13.6 Å². The zero-order chi connectivity index (χ0) is 24.2. The van der Waals surface area contributed by atoms with E-state index in [-0.39, 0.29) is 43.1 Å². The Morgan fingerprint density at radius 3 is 2.58 bits per heavy atom. The number of rotatable bonds is 10. The summed E-state index contributed by atoms with van der Waals surface area (Å²) < 4.78 is 32.5. The Morgan fingerprint density at radius 1 is 1.27 bits per heavy atom. The minimum atomic E-state index is -2.64. The standard InChI is InChI=1S/C24H31ClF2N4O2/c1-5-33-22(32)8-16(4)17-9-20(30-18-6-7-21(25)28-13-18)23(29-12-17)31(14-15(2)3)19-10-24(26,27)11-19/h6-7,9,12-13,15-16,19,30H,5,8,10-11,14H2,1-4H3/t16-/m1/s1. The number of aromatic nitrogens is 2. The maximum absolute atomic E-state index is 13.7. The van der Waals surface area contributed by atoms with Gasteiger partial charge in [0.25, 0.3) is 5.92 Å². The predicted molar refractivity (Wildman–Crippen MR) is 127 cm³/mol. The molecule has 1 aliphatic carbocycles. The molecule has 2 heterocycles. The molecular formula is C24H31ClF2N4O2. The first-order chi connectivity index (χ1) is 15.6. The van der Waals surface area contributed by atoms with Crippen molar-refractivity contribution in [2.45, 2.75) is 64.8 Å². The summed E-state index contributed by atoms with van der Waals surface area (Å²) in [5.41, 5.74) is 2.21. The van der Waals surface area contributed by atoms with E-state index in [1.54, 1.807) is 31.5 Å². The number of hydrogen-bond donors (Lipinski definition) is 1. The number of halogens is 3. The Morgan fingerprint density at radius 2 is 2.00 bits per heavy atom. The van der Waals surface area contributed by atoms with E-state index in [1.807, 2.05) is 17.9 Å². The minimum absolute atomic E-state index is 0.124. The second-order valence-corrected chi connectivity index (χ2v) is 9.40. The third-order valence-corrected chi connectivity index (χ3v) is 5.81. The van der Waals surface area contributed by atoms with E-state index in [2.05, 4.69) is 24.1 Å². The Hall–Kier alpha value is -2.48. The average molecular weight is 481 g/mol. The van der Waals surface area contributed by atoms with Crippen molar-refractivity contribution in [2.75, 3.05) is 23.4 Å². The van der Waals surface area contributed by atoms with Gasteiger partial charge in [0, 0.05) is 31.6 Å². The SMILES string of the molecule is CCOC(=O)C[C@@H](C)c1cnc(N(CC(C)C)C2CC(F)(F)C2)c(Nc2ccc(Cl)nc2)c1. The summed E-state index contributed by atoms with van der Waals surface area (Å²) in [6.07, 6.45) is 3.16. The fraction of sp³-hybridized carbons (Fsp3) is 0.542. The van der Waals surface area contributed by atoms with E-state index in [4.69, 9.17) is 21.3 Å². The predicted octanol–water partition coefficient (Wildman–Crippen LogP) is 6.19. The normalized spacial score (nSPS) is 16.2. The second kappa shape index (κ2) is 10.6. The number of hydrogen-bond acceptors (Lipinski definition) is 6. The number of esters is 1. The number of anilines is 3. The van der Waals surface area contributed by atoms with Gasteiger partial charge in [-0.3, -0.25) is 4.79 Å². The molecule has 0 saturated heterocycles. The summed E-state index contributed by atoms with van der Waals surface area (Å²) >= 11 is 5.91. The van der Waals surface area contributed by atoms with E-state index in [0.29, 0.717) is 35.5 Å². The van der Waals surface area contributed by atoms with Crippen LogP contribution < -0.4 is 10.2 Å². The number of carbonyl (C=O) groups excluding carboxylic acids is 1. The molecule has 1 saturated carbocycles. The van der Waals surface area contributed by atoms with Gasteiger partial charge in [-0.05, 0) is 42.5 Å². The summed E-state index contributed by atoms with van der Waals surface area (Å²) in [4.78, 5) is 22.7.